The number of esters is 1. The molecule has 0 aliphatic carbocycles. The number of carbonyl (C=O) groups is 2. The molecule has 0 saturated carbocycles. The van der Waals surface area contributed by atoms with Gasteiger partial charge in [0.2, 0.25) is 6.10 Å². The van der Waals surface area contributed by atoms with Gasteiger partial charge in [-0.25, -0.2) is 4.79 Å². The molecule has 182 valence electrons. The molecule has 5 aromatic rings. The van der Waals surface area contributed by atoms with Crippen molar-refractivity contribution < 1.29 is 19.2 Å². The van der Waals surface area contributed by atoms with E-state index in [0.717, 1.165) is 21.5 Å². The van der Waals surface area contributed by atoms with Crippen LogP contribution in [0.15, 0.2) is 108 Å². The maximum Gasteiger partial charge on any atom is 0.340 e. The van der Waals surface area contributed by atoms with Crippen molar-refractivity contribution in [2.24, 2.45) is 0 Å². The van der Waals surface area contributed by atoms with Crippen LogP contribution in [0, 0.1) is 10.1 Å². The van der Waals surface area contributed by atoms with E-state index in [2.05, 4.69) is 21.2 Å². The van der Waals surface area contributed by atoms with Gasteiger partial charge in [0.15, 0.2) is 0 Å². The van der Waals surface area contributed by atoms with Gasteiger partial charge in [-0.3, -0.25) is 14.9 Å². The van der Waals surface area contributed by atoms with Gasteiger partial charge in [-0.2, -0.15) is 0 Å². The monoisotopic (exact) mass is 554 g/mol. The highest BCUT2D eigenvalue weighted by molar-refractivity contribution is 9.10. The van der Waals surface area contributed by atoms with Crippen LogP contribution in [0.5, 0.6) is 0 Å². The molecule has 7 nitrogen and oxygen atoms in total. The summed E-state index contributed by atoms with van der Waals surface area (Å²) in [6.07, 6.45) is -1.27. The molecular formula is C29H19BrN2O5. The fraction of sp³-hybridized carbons (Fsp3) is 0.0345. The standard InChI is InChI=1S/C29H19BrN2O5/c30-24-17-21(32(35)36)14-15-25(24)31-28(33)27(18-8-2-1-3-9-18)37-29(34)26-22-12-6-4-10-19(22)16-20-11-5-7-13-23(20)26/h1-17,27H,(H,31,33). The van der Waals surface area contributed by atoms with Crippen LogP contribution in [0.3, 0.4) is 0 Å². The maximum absolute atomic E-state index is 13.7. The van der Waals surface area contributed by atoms with Crippen molar-refractivity contribution in [3.63, 3.8) is 0 Å². The Hall–Kier alpha value is -4.56. The van der Waals surface area contributed by atoms with Crippen molar-refractivity contribution >= 4 is 60.7 Å². The lowest BCUT2D eigenvalue weighted by Crippen LogP contribution is -2.26. The fourth-order valence-corrected chi connectivity index (χ4v) is 4.68. The van der Waals surface area contributed by atoms with Gasteiger partial charge in [-0.05, 0) is 49.6 Å². The molecule has 1 atom stereocenters. The number of nitro groups is 1. The molecule has 1 unspecified atom stereocenters. The third kappa shape index (κ3) is 4.92. The largest absolute Gasteiger partial charge is 0.444 e. The van der Waals surface area contributed by atoms with Crippen LogP contribution >= 0.6 is 15.9 Å². The van der Waals surface area contributed by atoms with E-state index in [1.807, 2.05) is 54.6 Å². The number of hydrogen-bond donors (Lipinski definition) is 1. The number of fused-ring (bicyclic) bond motifs is 2. The zero-order chi connectivity index (χ0) is 25.9. The number of amides is 1. The number of nitrogens with one attached hydrogen (secondary N) is 1. The van der Waals surface area contributed by atoms with Crippen molar-refractivity contribution in [2.75, 3.05) is 5.32 Å². The Balaban J connectivity index is 1.53. The molecule has 0 bridgehead atoms. The number of hydrogen-bond acceptors (Lipinski definition) is 5. The van der Waals surface area contributed by atoms with Gasteiger partial charge >= 0.3 is 5.97 Å². The normalized spacial score (nSPS) is 11.7. The van der Waals surface area contributed by atoms with E-state index in [1.165, 1.54) is 18.2 Å². The van der Waals surface area contributed by atoms with Crippen molar-refractivity contribution in [3.05, 3.63) is 129 Å². The van der Waals surface area contributed by atoms with E-state index in [4.69, 9.17) is 4.74 Å². The number of carbonyl (C=O) groups excluding carboxylic acids is 2. The second-order valence-corrected chi connectivity index (χ2v) is 9.15. The summed E-state index contributed by atoms with van der Waals surface area (Å²) >= 11 is 3.26. The molecule has 0 aromatic heterocycles. The summed E-state index contributed by atoms with van der Waals surface area (Å²) in [5.74, 6) is -1.24. The Kier molecular flexibility index (Phi) is 6.66. The number of nitro benzene ring substituents is 1. The van der Waals surface area contributed by atoms with Gasteiger partial charge in [0.1, 0.15) is 0 Å². The highest BCUT2D eigenvalue weighted by Crippen LogP contribution is 2.32. The molecule has 0 heterocycles. The lowest BCUT2D eigenvalue weighted by Gasteiger charge is -2.20. The molecule has 1 amide bonds. The Labute approximate surface area is 220 Å². The van der Waals surface area contributed by atoms with Crippen molar-refractivity contribution in [1.82, 2.24) is 0 Å². The Morgan fingerprint density at radius 1 is 0.811 bits per heavy atom. The second kappa shape index (κ2) is 10.2. The second-order valence-electron chi connectivity index (χ2n) is 8.30. The highest BCUT2D eigenvalue weighted by atomic mass is 79.9. The van der Waals surface area contributed by atoms with Gasteiger partial charge in [-0.15, -0.1) is 0 Å². The number of rotatable bonds is 6. The molecule has 5 aromatic carbocycles. The van der Waals surface area contributed by atoms with Crippen LogP contribution in [0.1, 0.15) is 22.0 Å². The van der Waals surface area contributed by atoms with Crippen molar-refractivity contribution in [3.8, 4) is 0 Å². The number of halogens is 1. The Bertz CT molecular complexity index is 1620. The minimum atomic E-state index is -1.27. The van der Waals surface area contributed by atoms with E-state index in [9.17, 15) is 19.7 Å². The number of nitrogens with zero attached hydrogens (tertiary/aromatic N) is 1. The molecule has 0 aliphatic heterocycles. The first-order valence-corrected chi connectivity index (χ1v) is 12.1. The average molecular weight is 555 g/mol. The minimum absolute atomic E-state index is 0.126. The molecule has 0 fully saturated rings. The van der Waals surface area contributed by atoms with E-state index in [0.29, 0.717) is 21.3 Å². The van der Waals surface area contributed by atoms with E-state index < -0.39 is 22.9 Å². The summed E-state index contributed by atoms with van der Waals surface area (Å²) in [4.78, 5) is 37.7. The molecule has 0 saturated heterocycles. The predicted octanol–water partition coefficient (Wildman–Crippen LogP) is 7.20. The highest BCUT2D eigenvalue weighted by Gasteiger charge is 2.28. The molecule has 0 spiro atoms. The van der Waals surface area contributed by atoms with Gasteiger partial charge < -0.3 is 10.1 Å². The zero-order valence-electron chi connectivity index (χ0n) is 19.3. The smallest absolute Gasteiger partial charge is 0.340 e. The minimum Gasteiger partial charge on any atom is -0.444 e. The van der Waals surface area contributed by atoms with Gasteiger partial charge in [0.05, 0.1) is 16.2 Å². The fourth-order valence-electron chi connectivity index (χ4n) is 4.22. The maximum atomic E-state index is 13.7. The number of benzene rings is 5. The SMILES string of the molecule is O=C(OC(C(=O)Nc1ccc([N+](=O)[O-])cc1Br)c1ccccc1)c1c2ccccc2cc2ccccc12. The van der Waals surface area contributed by atoms with Crippen molar-refractivity contribution in [2.45, 2.75) is 6.10 Å². The van der Waals surface area contributed by atoms with E-state index in [-0.39, 0.29) is 5.69 Å². The lowest BCUT2D eigenvalue weighted by atomic mass is 9.97. The Morgan fingerprint density at radius 2 is 1.41 bits per heavy atom. The van der Waals surface area contributed by atoms with E-state index in [1.54, 1.807) is 30.3 Å². The van der Waals surface area contributed by atoms with Crippen LogP contribution in [0.2, 0.25) is 0 Å². The summed E-state index contributed by atoms with van der Waals surface area (Å²) in [6, 6.07) is 29.7. The number of ether oxygens (including phenoxy) is 1. The first kappa shape index (κ1) is 24.1. The Morgan fingerprint density at radius 3 is 2.00 bits per heavy atom. The topological polar surface area (TPSA) is 98.5 Å². The van der Waals surface area contributed by atoms with Gasteiger partial charge in [0.25, 0.3) is 11.6 Å². The first-order chi connectivity index (χ1) is 17.9. The van der Waals surface area contributed by atoms with Crippen LogP contribution in [-0.4, -0.2) is 16.8 Å². The van der Waals surface area contributed by atoms with Crippen LogP contribution in [0.4, 0.5) is 11.4 Å². The number of non-ortho nitro benzene ring substituents is 1. The van der Waals surface area contributed by atoms with E-state index >= 15 is 0 Å². The zero-order valence-corrected chi connectivity index (χ0v) is 20.8. The summed E-state index contributed by atoms with van der Waals surface area (Å²) in [5.41, 5.74) is 1.04. The van der Waals surface area contributed by atoms with Gasteiger partial charge in [0, 0.05) is 22.2 Å². The average Bonchev–Trinajstić information content (AvgIpc) is 2.91. The summed E-state index contributed by atoms with van der Waals surface area (Å²) in [6.45, 7) is 0. The summed E-state index contributed by atoms with van der Waals surface area (Å²) in [7, 11) is 0. The van der Waals surface area contributed by atoms with Crippen LogP contribution < -0.4 is 5.32 Å². The number of anilines is 1. The molecule has 37 heavy (non-hydrogen) atoms. The quantitative estimate of drug-likeness (QED) is 0.103. The first-order valence-electron chi connectivity index (χ1n) is 11.3. The van der Waals surface area contributed by atoms with Crippen LogP contribution in [-0.2, 0) is 9.53 Å². The van der Waals surface area contributed by atoms with Gasteiger partial charge in [-0.1, -0.05) is 78.9 Å². The lowest BCUT2D eigenvalue weighted by molar-refractivity contribution is -0.384. The molecule has 1 N–H and O–H groups in total. The molecular weight excluding hydrogens is 536 g/mol. The summed E-state index contributed by atoms with van der Waals surface area (Å²) < 4.78 is 6.23. The molecule has 0 radical (unpaired) electrons. The van der Waals surface area contributed by atoms with Crippen molar-refractivity contribution in [1.29, 1.82) is 0 Å². The predicted molar refractivity (Wildman–Crippen MR) is 145 cm³/mol. The third-order valence-corrected chi connectivity index (χ3v) is 6.62. The molecule has 5 rings (SSSR count). The third-order valence-electron chi connectivity index (χ3n) is 5.96. The molecule has 8 heteroatoms. The van der Waals surface area contributed by atoms with Crippen LogP contribution in [0.25, 0.3) is 21.5 Å². The molecule has 0 aliphatic rings. The summed E-state index contributed by atoms with van der Waals surface area (Å²) in [5, 5.41) is 17.0.